The molecule has 0 bridgehead atoms. The first-order valence-electron chi connectivity index (χ1n) is 6.75. The summed E-state index contributed by atoms with van der Waals surface area (Å²) in [5, 5.41) is 9.68. The largest absolute Gasteiger partial charge is 0.458 e. The molecule has 1 aliphatic rings. The van der Waals surface area contributed by atoms with Crippen LogP contribution in [0.1, 0.15) is 32.8 Å². The van der Waals surface area contributed by atoms with Crippen molar-refractivity contribution in [1.29, 1.82) is 5.26 Å². The Kier molecular flexibility index (Phi) is 3.63. The van der Waals surface area contributed by atoms with E-state index in [4.69, 9.17) is 15.7 Å². The zero-order valence-corrected chi connectivity index (χ0v) is 12.2. The second-order valence-electron chi connectivity index (χ2n) is 4.99. The van der Waals surface area contributed by atoms with Crippen molar-refractivity contribution in [2.24, 2.45) is 0 Å². The molecule has 106 valence electrons. The second kappa shape index (κ2) is 5.58. The number of anilines is 1. The lowest BCUT2D eigenvalue weighted by Gasteiger charge is -2.22. The van der Waals surface area contributed by atoms with Gasteiger partial charge in [-0.1, -0.05) is 18.2 Å². The fraction of sp³-hybridized carbons (Fsp3) is 0.250. The number of esters is 1. The average Bonchev–Trinajstić information content (AvgIpc) is 2.82. The first-order valence-corrected chi connectivity index (χ1v) is 7.57. The molecule has 2 aromatic rings. The van der Waals surface area contributed by atoms with Gasteiger partial charge in [-0.3, -0.25) is 0 Å². The van der Waals surface area contributed by atoms with Crippen molar-refractivity contribution in [3.8, 4) is 6.07 Å². The number of nitrogens with two attached hydrogens (primary N) is 1. The quantitative estimate of drug-likeness (QED) is 0.865. The van der Waals surface area contributed by atoms with Crippen molar-refractivity contribution in [2.75, 3.05) is 5.73 Å². The van der Waals surface area contributed by atoms with E-state index in [-0.39, 0.29) is 12.1 Å². The molecular weight excluding hydrogens is 284 g/mol. The highest BCUT2D eigenvalue weighted by atomic mass is 32.1. The molecule has 0 saturated heterocycles. The maximum atomic E-state index is 12.1. The van der Waals surface area contributed by atoms with Crippen LogP contribution in [-0.2, 0) is 17.6 Å². The average molecular weight is 298 g/mol. The van der Waals surface area contributed by atoms with Gasteiger partial charge < -0.3 is 10.5 Å². The Morgan fingerprint density at radius 3 is 2.86 bits per heavy atom. The van der Waals surface area contributed by atoms with Crippen molar-refractivity contribution in [2.45, 2.75) is 25.4 Å². The van der Waals surface area contributed by atoms with Crippen LogP contribution in [0.4, 0.5) is 5.00 Å². The fourth-order valence-electron chi connectivity index (χ4n) is 2.59. The number of ether oxygens (including phenoxy) is 1. The topological polar surface area (TPSA) is 76.1 Å². The van der Waals surface area contributed by atoms with E-state index in [9.17, 15) is 4.79 Å². The zero-order valence-electron chi connectivity index (χ0n) is 11.3. The van der Waals surface area contributed by atoms with E-state index in [1.807, 2.05) is 18.2 Å². The highest BCUT2D eigenvalue weighted by Crippen LogP contribution is 2.36. The van der Waals surface area contributed by atoms with Crippen molar-refractivity contribution < 1.29 is 9.53 Å². The normalized spacial score (nSPS) is 16.8. The highest BCUT2D eigenvalue weighted by Gasteiger charge is 2.27. The van der Waals surface area contributed by atoms with Crippen LogP contribution >= 0.6 is 11.3 Å². The molecule has 0 amide bonds. The second-order valence-corrected chi connectivity index (χ2v) is 6.13. The molecule has 1 atom stereocenters. The summed E-state index contributed by atoms with van der Waals surface area (Å²) >= 11 is 1.43. The number of nitriles is 1. The Hall–Kier alpha value is -2.32. The Labute approximate surface area is 126 Å². The molecule has 0 fully saturated rings. The van der Waals surface area contributed by atoms with E-state index in [2.05, 4.69) is 6.07 Å². The summed E-state index contributed by atoms with van der Waals surface area (Å²) in [7, 11) is 0. The van der Waals surface area contributed by atoms with E-state index in [1.54, 1.807) is 12.1 Å². The maximum Gasteiger partial charge on any atom is 0.338 e. The van der Waals surface area contributed by atoms with Crippen LogP contribution in [0, 0.1) is 11.3 Å². The van der Waals surface area contributed by atoms with Crippen LogP contribution in [0.3, 0.4) is 0 Å². The number of fused-ring (bicyclic) bond motifs is 1. The number of nitrogen functional groups attached to an aromatic ring is 1. The van der Waals surface area contributed by atoms with E-state index in [1.165, 1.54) is 11.3 Å². The first kappa shape index (κ1) is 13.7. The molecule has 1 aromatic carbocycles. The molecule has 4 nitrogen and oxygen atoms in total. The lowest BCUT2D eigenvalue weighted by molar-refractivity contribution is 0.0273. The maximum absolute atomic E-state index is 12.1. The lowest BCUT2D eigenvalue weighted by atomic mass is 9.94. The monoisotopic (exact) mass is 298 g/mol. The summed E-state index contributed by atoms with van der Waals surface area (Å²) in [6.07, 6.45) is 1.97. The Bertz CT molecular complexity index is 716. The van der Waals surface area contributed by atoms with E-state index < -0.39 is 0 Å². The number of rotatable bonds is 2. The molecule has 0 aliphatic heterocycles. The Balaban J connectivity index is 1.73. The smallest absolute Gasteiger partial charge is 0.338 e. The number of hydrogen-bond acceptors (Lipinski definition) is 5. The minimum absolute atomic E-state index is 0.144. The number of benzene rings is 1. The molecule has 1 unspecified atom stereocenters. The van der Waals surface area contributed by atoms with Crippen molar-refractivity contribution in [3.63, 3.8) is 0 Å². The third kappa shape index (κ3) is 2.63. The van der Waals surface area contributed by atoms with Gasteiger partial charge >= 0.3 is 5.97 Å². The predicted molar refractivity (Wildman–Crippen MR) is 81.1 cm³/mol. The van der Waals surface area contributed by atoms with Gasteiger partial charge in [-0.15, -0.1) is 11.3 Å². The van der Waals surface area contributed by atoms with Crippen LogP contribution in [-0.4, -0.2) is 12.1 Å². The molecule has 0 saturated carbocycles. The number of nitrogens with zero attached hydrogens (tertiary/aromatic N) is 1. The van der Waals surface area contributed by atoms with Crippen molar-refractivity contribution in [1.82, 2.24) is 0 Å². The molecule has 21 heavy (non-hydrogen) atoms. The summed E-state index contributed by atoms with van der Waals surface area (Å²) in [5.41, 5.74) is 8.05. The first-order chi connectivity index (χ1) is 10.2. The van der Waals surface area contributed by atoms with Gasteiger partial charge in [-0.25, -0.2) is 4.79 Å². The molecule has 0 spiro atoms. The number of thiophene rings is 1. The minimum atomic E-state index is -0.297. The van der Waals surface area contributed by atoms with E-state index in [0.717, 1.165) is 23.3 Å². The van der Waals surface area contributed by atoms with Gasteiger partial charge in [0.25, 0.3) is 0 Å². The van der Waals surface area contributed by atoms with Gasteiger partial charge in [0.2, 0.25) is 0 Å². The fourth-order valence-corrected chi connectivity index (χ4v) is 3.73. The van der Waals surface area contributed by atoms with Crippen LogP contribution in [0.25, 0.3) is 0 Å². The Morgan fingerprint density at radius 2 is 2.14 bits per heavy atom. The highest BCUT2D eigenvalue weighted by molar-refractivity contribution is 7.16. The molecule has 5 heteroatoms. The van der Waals surface area contributed by atoms with E-state index in [0.29, 0.717) is 22.5 Å². The minimum Gasteiger partial charge on any atom is -0.458 e. The van der Waals surface area contributed by atoms with Crippen LogP contribution in [0.5, 0.6) is 0 Å². The van der Waals surface area contributed by atoms with E-state index >= 15 is 0 Å². The predicted octanol–water partition coefficient (Wildman–Crippen LogP) is 2.92. The number of hydrogen-bond donors (Lipinski definition) is 1. The molecule has 3 rings (SSSR count). The molecule has 1 aliphatic carbocycles. The van der Waals surface area contributed by atoms with Gasteiger partial charge in [0.05, 0.1) is 11.1 Å². The SMILES string of the molecule is N#Cc1c(N)sc2c1CCC(OC(=O)c1ccccc1)C2. The molecular formula is C16H14N2O2S. The van der Waals surface area contributed by atoms with Gasteiger partial charge in [0.1, 0.15) is 17.2 Å². The molecule has 0 radical (unpaired) electrons. The summed E-state index contributed by atoms with van der Waals surface area (Å²) in [4.78, 5) is 13.1. The van der Waals surface area contributed by atoms with Gasteiger partial charge in [0, 0.05) is 11.3 Å². The van der Waals surface area contributed by atoms with Crippen molar-refractivity contribution >= 4 is 22.3 Å². The zero-order chi connectivity index (χ0) is 14.8. The van der Waals surface area contributed by atoms with Crippen LogP contribution in [0.15, 0.2) is 30.3 Å². The molecule has 1 heterocycles. The van der Waals surface area contributed by atoms with Gasteiger partial charge in [-0.2, -0.15) is 5.26 Å². The molecule has 1 aromatic heterocycles. The van der Waals surface area contributed by atoms with Crippen LogP contribution in [0.2, 0.25) is 0 Å². The Morgan fingerprint density at radius 1 is 1.38 bits per heavy atom. The van der Waals surface area contributed by atoms with Crippen LogP contribution < -0.4 is 5.73 Å². The number of carbonyl (C=O) groups is 1. The summed E-state index contributed by atoms with van der Waals surface area (Å²) in [5.74, 6) is -0.297. The molecule has 2 N–H and O–H groups in total. The summed E-state index contributed by atoms with van der Waals surface area (Å²) in [6, 6.07) is 11.1. The van der Waals surface area contributed by atoms with Gasteiger partial charge in [-0.05, 0) is 30.5 Å². The lowest BCUT2D eigenvalue weighted by Crippen LogP contribution is -2.25. The standard InChI is InChI=1S/C16H14N2O2S/c17-9-13-12-7-6-11(8-14(12)21-15(13)18)20-16(19)10-4-2-1-3-5-10/h1-5,11H,6-8,18H2. The summed E-state index contributed by atoms with van der Waals surface area (Å²) in [6.45, 7) is 0. The summed E-state index contributed by atoms with van der Waals surface area (Å²) < 4.78 is 5.56. The van der Waals surface area contributed by atoms with Crippen molar-refractivity contribution in [3.05, 3.63) is 51.9 Å². The van der Waals surface area contributed by atoms with Gasteiger partial charge in [0.15, 0.2) is 0 Å². The number of carbonyl (C=O) groups excluding carboxylic acids is 1. The third-order valence-electron chi connectivity index (χ3n) is 3.64. The third-order valence-corrected chi connectivity index (χ3v) is 4.73.